The zero-order chi connectivity index (χ0) is 8.27. The van der Waals surface area contributed by atoms with Gasteiger partial charge in [-0.25, -0.2) is 4.39 Å². The normalized spacial score (nSPS) is 39.0. The second-order valence-corrected chi connectivity index (χ2v) is 3.21. The minimum Gasteiger partial charge on any atom is -0.317 e. The van der Waals surface area contributed by atoms with E-state index in [1.54, 1.807) is 0 Å². The Hall–Kier alpha value is -0.150. The van der Waals surface area contributed by atoms with Crippen LogP contribution in [-0.4, -0.2) is 32.4 Å². The van der Waals surface area contributed by atoms with Crippen molar-refractivity contribution in [2.45, 2.75) is 37.5 Å². The van der Waals surface area contributed by atoms with Crippen LogP contribution in [0.2, 0.25) is 0 Å². The lowest BCUT2D eigenvalue weighted by atomic mass is 9.90. The number of hydrogen-bond acceptors (Lipinski definition) is 2. The van der Waals surface area contributed by atoms with Gasteiger partial charge in [0.1, 0.15) is 6.17 Å². The fraction of sp³-hybridized carbons (Fsp3) is 1.00. The van der Waals surface area contributed by atoms with E-state index < -0.39 is 6.17 Å². The second kappa shape index (κ2) is 4.02. The Morgan fingerprint density at radius 3 is 2.36 bits per heavy atom. The van der Waals surface area contributed by atoms with Crippen LogP contribution in [-0.2, 0) is 0 Å². The molecule has 0 amide bonds. The summed E-state index contributed by atoms with van der Waals surface area (Å²) in [5.74, 6) is 0. The summed E-state index contributed by atoms with van der Waals surface area (Å²) in [6.07, 6.45) is 2.01. The van der Waals surface area contributed by atoms with Crippen LogP contribution < -0.4 is 10.6 Å². The molecule has 0 spiro atoms. The summed E-state index contributed by atoms with van der Waals surface area (Å²) < 4.78 is 13.2. The average molecular weight is 160 g/mol. The van der Waals surface area contributed by atoms with Gasteiger partial charge in [0.25, 0.3) is 0 Å². The van der Waals surface area contributed by atoms with Crippen molar-refractivity contribution in [3.8, 4) is 0 Å². The molecule has 2 nitrogen and oxygen atoms in total. The molecular weight excluding hydrogens is 143 g/mol. The highest BCUT2D eigenvalue weighted by atomic mass is 19.1. The molecule has 2 N–H and O–H groups in total. The van der Waals surface area contributed by atoms with Gasteiger partial charge in [-0.2, -0.15) is 0 Å². The first-order chi connectivity index (χ1) is 5.27. The lowest BCUT2D eigenvalue weighted by molar-refractivity contribution is 0.171. The highest BCUT2D eigenvalue weighted by Gasteiger charge is 2.28. The summed E-state index contributed by atoms with van der Waals surface area (Å²) in [6, 6.07) is 0.467. The zero-order valence-corrected chi connectivity index (χ0v) is 7.23. The molecule has 0 heterocycles. The summed E-state index contributed by atoms with van der Waals surface area (Å²) in [6.45, 7) is 0. The van der Waals surface area contributed by atoms with Crippen molar-refractivity contribution >= 4 is 0 Å². The number of rotatable bonds is 2. The predicted molar refractivity (Wildman–Crippen MR) is 44.4 cm³/mol. The van der Waals surface area contributed by atoms with Gasteiger partial charge < -0.3 is 10.6 Å². The molecule has 1 aliphatic rings. The van der Waals surface area contributed by atoms with Crippen LogP contribution in [0.15, 0.2) is 0 Å². The molecule has 0 aromatic heterocycles. The summed E-state index contributed by atoms with van der Waals surface area (Å²) in [4.78, 5) is 0. The van der Waals surface area contributed by atoms with Gasteiger partial charge in [0.2, 0.25) is 0 Å². The maximum Gasteiger partial charge on any atom is 0.117 e. The molecule has 3 atom stereocenters. The van der Waals surface area contributed by atoms with Crippen molar-refractivity contribution < 1.29 is 4.39 Å². The quantitative estimate of drug-likeness (QED) is 0.621. The molecule has 3 heteroatoms. The van der Waals surface area contributed by atoms with Crippen LogP contribution in [0, 0.1) is 0 Å². The SMILES string of the molecule is CNC1CCC(NC)C(F)C1. The molecule has 0 saturated heterocycles. The minimum atomic E-state index is -0.675. The third kappa shape index (κ3) is 2.14. The fourth-order valence-electron chi connectivity index (χ4n) is 1.70. The Morgan fingerprint density at radius 1 is 1.18 bits per heavy atom. The van der Waals surface area contributed by atoms with E-state index in [9.17, 15) is 4.39 Å². The third-order valence-corrected chi connectivity index (χ3v) is 2.55. The molecule has 0 radical (unpaired) electrons. The van der Waals surface area contributed by atoms with Crippen molar-refractivity contribution in [1.29, 1.82) is 0 Å². The van der Waals surface area contributed by atoms with Crippen molar-refractivity contribution in [1.82, 2.24) is 10.6 Å². The molecule has 1 fully saturated rings. The van der Waals surface area contributed by atoms with Crippen LogP contribution >= 0.6 is 0 Å². The minimum absolute atomic E-state index is 0.0830. The van der Waals surface area contributed by atoms with Gasteiger partial charge in [-0.05, 0) is 33.4 Å². The average Bonchev–Trinajstić information content (AvgIpc) is 2.04. The molecule has 1 aliphatic carbocycles. The van der Waals surface area contributed by atoms with Gasteiger partial charge in [-0.3, -0.25) is 0 Å². The van der Waals surface area contributed by atoms with Crippen molar-refractivity contribution in [2.75, 3.05) is 14.1 Å². The second-order valence-electron chi connectivity index (χ2n) is 3.21. The molecule has 0 aromatic carbocycles. The Morgan fingerprint density at radius 2 is 1.91 bits per heavy atom. The largest absolute Gasteiger partial charge is 0.317 e. The lowest BCUT2D eigenvalue weighted by Gasteiger charge is -2.31. The molecule has 3 unspecified atom stereocenters. The summed E-state index contributed by atoms with van der Waals surface area (Å²) in [5.41, 5.74) is 0. The van der Waals surface area contributed by atoms with E-state index in [0.717, 1.165) is 12.8 Å². The van der Waals surface area contributed by atoms with E-state index in [1.165, 1.54) is 0 Å². The number of nitrogens with one attached hydrogen (secondary N) is 2. The zero-order valence-electron chi connectivity index (χ0n) is 7.23. The highest BCUT2D eigenvalue weighted by molar-refractivity contribution is 4.86. The third-order valence-electron chi connectivity index (χ3n) is 2.55. The highest BCUT2D eigenvalue weighted by Crippen LogP contribution is 2.21. The van der Waals surface area contributed by atoms with Crippen LogP contribution in [0.1, 0.15) is 19.3 Å². The standard InChI is InChI=1S/C8H17FN2/c1-10-6-3-4-8(11-2)7(9)5-6/h6-8,10-11H,3-5H2,1-2H3. The molecule has 11 heavy (non-hydrogen) atoms. The number of alkyl halides is 1. The number of halogens is 1. The first-order valence-electron chi connectivity index (χ1n) is 4.26. The van der Waals surface area contributed by atoms with Gasteiger partial charge in [-0.15, -0.1) is 0 Å². The summed E-state index contributed by atoms with van der Waals surface area (Å²) in [7, 11) is 3.73. The monoisotopic (exact) mass is 160 g/mol. The van der Waals surface area contributed by atoms with Crippen molar-refractivity contribution in [3.05, 3.63) is 0 Å². The van der Waals surface area contributed by atoms with Crippen molar-refractivity contribution in [3.63, 3.8) is 0 Å². The molecular formula is C8H17FN2. The summed E-state index contributed by atoms with van der Waals surface area (Å²) >= 11 is 0. The Labute approximate surface area is 67.6 Å². The Bertz CT molecular complexity index is 119. The molecule has 0 bridgehead atoms. The molecule has 1 rings (SSSR count). The van der Waals surface area contributed by atoms with E-state index in [2.05, 4.69) is 10.6 Å². The maximum absolute atomic E-state index is 13.2. The maximum atomic E-state index is 13.2. The fourth-order valence-corrected chi connectivity index (χ4v) is 1.70. The van der Waals surface area contributed by atoms with Crippen LogP contribution in [0.3, 0.4) is 0 Å². The number of hydrogen-bond donors (Lipinski definition) is 2. The van der Waals surface area contributed by atoms with Gasteiger partial charge in [0, 0.05) is 12.1 Å². The summed E-state index contributed by atoms with van der Waals surface area (Å²) in [5, 5.41) is 6.11. The van der Waals surface area contributed by atoms with Gasteiger partial charge in [-0.1, -0.05) is 0 Å². The van der Waals surface area contributed by atoms with Gasteiger partial charge in [0.05, 0.1) is 0 Å². The Balaban J connectivity index is 2.34. The molecule has 66 valence electrons. The van der Waals surface area contributed by atoms with E-state index in [0.29, 0.717) is 12.5 Å². The smallest absolute Gasteiger partial charge is 0.117 e. The Kier molecular flexibility index (Phi) is 3.27. The van der Waals surface area contributed by atoms with Gasteiger partial charge >= 0.3 is 0 Å². The molecule has 0 aliphatic heterocycles. The van der Waals surface area contributed by atoms with Crippen LogP contribution in [0.25, 0.3) is 0 Å². The van der Waals surface area contributed by atoms with Crippen molar-refractivity contribution in [2.24, 2.45) is 0 Å². The van der Waals surface area contributed by atoms with Gasteiger partial charge in [0.15, 0.2) is 0 Å². The van der Waals surface area contributed by atoms with E-state index in [-0.39, 0.29) is 6.04 Å². The van der Waals surface area contributed by atoms with E-state index in [1.807, 2.05) is 14.1 Å². The molecule has 1 saturated carbocycles. The predicted octanol–water partition coefficient (Wildman–Crippen LogP) is 0.684. The lowest BCUT2D eigenvalue weighted by Crippen LogP contribution is -2.45. The molecule has 0 aromatic rings. The van der Waals surface area contributed by atoms with E-state index >= 15 is 0 Å². The van der Waals surface area contributed by atoms with E-state index in [4.69, 9.17) is 0 Å². The van der Waals surface area contributed by atoms with Crippen LogP contribution in [0.4, 0.5) is 4.39 Å². The first kappa shape index (κ1) is 8.94. The topological polar surface area (TPSA) is 24.1 Å². The van der Waals surface area contributed by atoms with Crippen LogP contribution in [0.5, 0.6) is 0 Å². The first-order valence-corrected chi connectivity index (χ1v) is 4.26.